The maximum Gasteiger partial charge on any atom is 0.0438 e. The maximum absolute atomic E-state index is 6.17. The Balaban J connectivity index is 2.88. The van der Waals surface area contributed by atoms with E-state index < -0.39 is 0 Å². The van der Waals surface area contributed by atoms with Crippen molar-refractivity contribution < 1.29 is 0 Å². The van der Waals surface area contributed by atoms with E-state index in [0.717, 1.165) is 28.5 Å². The molecule has 0 radical (unpaired) electrons. The molecule has 1 aromatic carbocycles. The van der Waals surface area contributed by atoms with E-state index in [1.165, 1.54) is 5.56 Å². The van der Waals surface area contributed by atoms with Crippen LogP contribution in [0.25, 0.3) is 0 Å². The van der Waals surface area contributed by atoms with Gasteiger partial charge in [0.05, 0.1) is 0 Å². The molecule has 15 heavy (non-hydrogen) atoms. The summed E-state index contributed by atoms with van der Waals surface area (Å²) in [5.74, 6) is 0. The highest BCUT2D eigenvalue weighted by Crippen LogP contribution is 2.33. The van der Waals surface area contributed by atoms with Gasteiger partial charge < -0.3 is 0 Å². The van der Waals surface area contributed by atoms with Gasteiger partial charge in [0.15, 0.2) is 0 Å². The van der Waals surface area contributed by atoms with Crippen LogP contribution in [0.15, 0.2) is 24.3 Å². The topological polar surface area (TPSA) is 0 Å². The van der Waals surface area contributed by atoms with Gasteiger partial charge >= 0.3 is 0 Å². The second-order valence-corrected chi connectivity index (χ2v) is 5.42. The smallest absolute Gasteiger partial charge is 0.0438 e. The molecule has 0 saturated heterocycles. The Hall–Kier alpha value is 0.470. The van der Waals surface area contributed by atoms with E-state index in [1.54, 1.807) is 0 Å². The van der Waals surface area contributed by atoms with Crippen LogP contribution in [0.5, 0.6) is 0 Å². The standard InChI is InChI=1S/C12H15Br2Cl/c1-2-12(8-13,9-14)7-10-5-3-4-6-11(10)15/h3-6H,2,7-9H2,1H3. The molecule has 0 aliphatic heterocycles. The zero-order valence-corrected chi connectivity index (χ0v) is 12.7. The van der Waals surface area contributed by atoms with E-state index in [0.29, 0.717) is 0 Å². The molecule has 0 fully saturated rings. The predicted octanol–water partition coefficient (Wildman–Crippen LogP) is 5.07. The summed E-state index contributed by atoms with van der Waals surface area (Å²) in [4.78, 5) is 0. The van der Waals surface area contributed by atoms with Gasteiger partial charge in [-0.3, -0.25) is 0 Å². The van der Waals surface area contributed by atoms with E-state index in [-0.39, 0.29) is 5.41 Å². The highest BCUT2D eigenvalue weighted by molar-refractivity contribution is 9.09. The van der Waals surface area contributed by atoms with Gasteiger partial charge in [0.2, 0.25) is 0 Å². The number of halogens is 3. The first kappa shape index (κ1) is 13.5. The molecule has 0 atom stereocenters. The fourth-order valence-corrected chi connectivity index (χ4v) is 3.81. The van der Waals surface area contributed by atoms with Gasteiger partial charge in [-0.2, -0.15) is 0 Å². The molecule has 0 aliphatic rings. The van der Waals surface area contributed by atoms with Crippen LogP contribution in [0.3, 0.4) is 0 Å². The van der Waals surface area contributed by atoms with Crippen molar-refractivity contribution >= 4 is 43.5 Å². The summed E-state index contributed by atoms with van der Waals surface area (Å²) in [6, 6.07) is 8.09. The van der Waals surface area contributed by atoms with Crippen LogP contribution in [-0.4, -0.2) is 10.7 Å². The van der Waals surface area contributed by atoms with Crippen molar-refractivity contribution in [2.45, 2.75) is 19.8 Å². The summed E-state index contributed by atoms with van der Waals surface area (Å²) in [5, 5.41) is 2.86. The summed E-state index contributed by atoms with van der Waals surface area (Å²) in [6.45, 7) is 2.22. The molecular weight excluding hydrogens is 339 g/mol. The Labute approximate surface area is 114 Å². The van der Waals surface area contributed by atoms with Crippen molar-refractivity contribution in [2.75, 3.05) is 10.7 Å². The first-order chi connectivity index (χ1) is 7.17. The lowest BCUT2D eigenvalue weighted by molar-refractivity contribution is 0.374. The minimum atomic E-state index is 0.269. The highest BCUT2D eigenvalue weighted by Gasteiger charge is 2.26. The van der Waals surface area contributed by atoms with Crippen LogP contribution < -0.4 is 0 Å². The molecule has 0 heterocycles. The van der Waals surface area contributed by atoms with Crippen molar-refractivity contribution in [1.29, 1.82) is 0 Å². The third-order valence-corrected chi connectivity index (χ3v) is 5.59. The number of hydrogen-bond acceptors (Lipinski definition) is 0. The zero-order chi connectivity index (χ0) is 11.3. The van der Waals surface area contributed by atoms with Gasteiger partial charge in [-0.15, -0.1) is 0 Å². The Bertz CT molecular complexity index is 300. The Morgan fingerprint density at radius 3 is 2.27 bits per heavy atom. The molecule has 0 aromatic heterocycles. The molecule has 1 rings (SSSR count). The van der Waals surface area contributed by atoms with Gasteiger partial charge in [0.1, 0.15) is 0 Å². The lowest BCUT2D eigenvalue weighted by Crippen LogP contribution is -2.26. The van der Waals surface area contributed by atoms with Crippen LogP contribution in [0.4, 0.5) is 0 Å². The molecule has 0 aliphatic carbocycles. The molecule has 0 amide bonds. The van der Waals surface area contributed by atoms with Gasteiger partial charge in [-0.25, -0.2) is 0 Å². The van der Waals surface area contributed by atoms with Crippen LogP contribution in [0, 0.1) is 5.41 Å². The number of alkyl halides is 2. The van der Waals surface area contributed by atoms with Crippen LogP contribution in [0.1, 0.15) is 18.9 Å². The normalized spacial score (nSPS) is 11.7. The van der Waals surface area contributed by atoms with E-state index in [9.17, 15) is 0 Å². The molecule has 0 unspecified atom stereocenters. The van der Waals surface area contributed by atoms with Crippen molar-refractivity contribution in [3.63, 3.8) is 0 Å². The van der Waals surface area contributed by atoms with Gasteiger partial charge in [-0.05, 0) is 29.9 Å². The van der Waals surface area contributed by atoms with Crippen LogP contribution >= 0.6 is 43.5 Å². The predicted molar refractivity (Wildman–Crippen MR) is 75.5 cm³/mol. The summed E-state index contributed by atoms with van der Waals surface area (Å²) in [7, 11) is 0. The molecule has 0 spiro atoms. The van der Waals surface area contributed by atoms with Gasteiger partial charge in [-0.1, -0.05) is 68.6 Å². The first-order valence-corrected chi connectivity index (χ1v) is 7.65. The zero-order valence-electron chi connectivity index (χ0n) is 8.77. The molecule has 0 N–H and O–H groups in total. The van der Waals surface area contributed by atoms with Crippen molar-refractivity contribution in [3.8, 4) is 0 Å². The first-order valence-electron chi connectivity index (χ1n) is 5.03. The van der Waals surface area contributed by atoms with Crippen molar-refractivity contribution in [2.24, 2.45) is 5.41 Å². The summed E-state index contributed by atoms with van der Waals surface area (Å²) >= 11 is 13.4. The largest absolute Gasteiger partial charge is 0.0922 e. The fraction of sp³-hybridized carbons (Fsp3) is 0.500. The quantitative estimate of drug-likeness (QED) is 0.648. The fourth-order valence-electron chi connectivity index (χ4n) is 1.49. The lowest BCUT2D eigenvalue weighted by atomic mass is 9.83. The monoisotopic (exact) mass is 352 g/mol. The van der Waals surface area contributed by atoms with Crippen LogP contribution in [0.2, 0.25) is 5.02 Å². The highest BCUT2D eigenvalue weighted by atomic mass is 79.9. The molecule has 0 nitrogen and oxygen atoms in total. The summed E-state index contributed by atoms with van der Waals surface area (Å²) < 4.78 is 0. The average Bonchev–Trinajstić information content (AvgIpc) is 2.29. The third-order valence-electron chi connectivity index (χ3n) is 2.84. The summed E-state index contributed by atoms with van der Waals surface area (Å²) in [5.41, 5.74) is 1.50. The summed E-state index contributed by atoms with van der Waals surface area (Å²) in [6.07, 6.45) is 2.15. The average molecular weight is 355 g/mol. The second-order valence-electron chi connectivity index (χ2n) is 3.89. The van der Waals surface area contributed by atoms with Crippen molar-refractivity contribution in [3.05, 3.63) is 34.9 Å². The van der Waals surface area contributed by atoms with E-state index >= 15 is 0 Å². The lowest BCUT2D eigenvalue weighted by Gasteiger charge is -2.29. The second kappa shape index (κ2) is 6.27. The molecular formula is C12H15Br2Cl. The van der Waals surface area contributed by atoms with Crippen LogP contribution in [-0.2, 0) is 6.42 Å². The minimum absolute atomic E-state index is 0.269. The Morgan fingerprint density at radius 2 is 1.80 bits per heavy atom. The Kier molecular flexibility index (Phi) is 5.65. The maximum atomic E-state index is 6.17. The van der Waals surface area contributed by atoms with Gasteiger partial charge in [0.25, 0.3) is 0 Å². The SMILES string of the molecule is CCC(CBr)(CBr)Cc1ccccc1Cl. The molecule has 3 heteroatoms. The number of rotatable bonds is 5. The number of hydrogen-bond donors (Lipinski definition) is 0. The molecule has 0 bridgehead atoms. The molecule has 84 valence electrons. The number of benzene rings is 1. The van der Waals surface area contributed by atoms with E-state index in [1.807, 2.05) is 18.2 Å². The minimum Gasteiger partial charge on any atom is -0.0922 e. The Morgan fingerprint density at radius 1 is 1.20 bits per heavy atom. The molecule has 0 saturated carbocycles. The van der Waals surface area contributed by atoms with Gasteiger partial charge in [0, 0.05) is 15.7 Å². The van der Waals surface area contributed by atoms with Crippen molar-refractivity contribution in [1.82, 2.24) is 0 Å². The van der Waals surface area contributed by atoms with E-state index in [2.05, 4.69) is 44.8 Å². The molecule has 1 aromatic rings. The van der Waals surface area contributed by atoms with E-state index in [4.69, 9.17) is 11.6 Å². The third kappa shape index (κ3) is 3.47.